The molecule has 0 radical (unpaired) electrons. The third kappa shape index (κ3) is 4.82. The summed E-state index contributed by atoms with van der Waals surface area (Å²) in [7, 11) is 0. The van der Waals surface area contributed by atoms with Crippen LogP contribution in [-0.2, 0) is 14.3 Å². The van der Waals surface area contributed by atoms with Crippen molar-refractivity contribution < 1.29 is 28.6 Å². The van der Waals surface area contributed by atoms with E-state index < -0.39 is 6.04 Å². The van der Waals surface area contributed by atoms with E-state index in [1.165, 1.54) is 0 Å². The molecule has 1 aromatic carbocycles. The van der Waals surface area contributed by atoms with E-state index in [1.807, 2.05) is 18.7 Å². The molecule has 1 N–H and O–H groups in total. The van der Waals surface area contributed by atoms with Crippen molar-refractivity contribution in [1.82, 2.24) is 15.1 Å². The molecule has 9 nitrogen and oxygen atoms in total. The molecule has 4 rings (SSSR count). The Labute approximate surface area is 188 Å². The van der Waals surface area contributed by atoms with E-state index in [0.29, 0.717) is 69.3 Å². The van der Waals surface area contributed by atoms with Crippen molar-refractivity contribution in [2.45, 2.75) is 32.7 Å². The SMILES string of the molecule is CC(C)C(=O)N1CCC(C(NC(=O)c2ccc3c(c2)OCO3)C(=O)N2CCOCC2)CC1. The van der Waals surface area contributed by atoms with Crippen LogP contribution in [0.5, 0.6) is 11.5 Å². The molecule has 0 saturated carbocycles. The highest BCUT2D eigenvalue weighted by Gasteiger charge is 2.37. The number of likely N-dealkylation sites (tertiary alicyclic amines) is 1. The minimum absolute atomic E-state index is 0.0421. The Balaban J connectivity index is 1.48. The zero-order valence-corrected chi connectivity index (χ0v) is 18.7. The van der Waals surface area contributed by atoms with Crippen molar-refractivity contribution in [1.29, 1.82) is 0 Å². The van der Waals surface area contributed by atoms with Gasteiger partial charge in [-0.1, -0.05) is 13.8 Å². The van der Waals surface area contributed by atoms with E-state index in [2.05, 4.69) is 5.32 Å². The molecule has 2 saturated heterocycles. The normalized spacial score (nSPS) is 19.7. The maximum Gasteiger partial charge on any atom is 0.252 e. The van der Waals surface area contributed by atoms with Crippen LogP contribution >= 0.6 is 0 Å². The zero-order chi connectivity index (χ0) is 22.7. The van der Waals surface area contributed by atoms with E-state index in [0.717, 1.165) is 0 Å². The summed E-state index contributed by atoms with van der Waals surface area (Å²) >= 11 is 0. The van der Waals surface area contributed by atoms with E-state index in [9.17, 15) is 14.4 Å². The smallest absolute Gasteiger partial charge is 0.252 e. The fraction of sp³-hybridized carbons (Fsp3) is 0.609. The predicted molar refractivity (Wildman–Crippen MR) is 115 cm³/mol. The number of piperidine rings is 1. The zero-order valence-electron chi connectivity index (χ0n) is 18.7. The highest BCUT2D eigenvalue weighted by atomic mass is 16.7. The van der Waals surface area contributed by atoms with E-state index in [-0.39, 0.29) is 36.4 Å². The molecule has 9 heteroatoms. The topological polar surface area (TPSA) is 97.4 Å². The van der Waals surface area contributed by atoms with Gasteiger partial charge in [0.05, 0.1) is 13.2 Å². The molecule has 0 aromatic heterocycles. The molecule has 3 amide bonds. The summed E-state index contributed by atoms with van der Waals surface area (Å²) in [5.41, 5.74) is 0.418. The fourth-order valence-corrected chi connectivity index (χ4v) is 4.44. The van der Waals surface area contributed by atoms with Gasteiger partial charge in [0.2, 0.25) is 18.6 Å². The Morgan fingerprint density at radius 1 is 0.938 bits per heavy atom. The van der Waals surface area contributed by atoms with Crippen molar-refractivity contribution in [3.05, 3.63) is 23.8 Å². The number of rotatable bonds is 5. The first-order valence-corrected chi connectivity index (χ1v) is 11.3. The van der Waals surface area contributed by atoms with Crippen LogP contribution in [0.3, 0.4) is 0 Å². The second kappa shape index (κ2) is 9.77. The Hall–Kier alpha value is -2.81. The maximum absolute atomic E-state index is 13.4. The standard InChI is InChI=1S/C23H31N3O6/c1-15(2)22(28)25-7-5-16(6-8-25)20(23(29)26-9-11-30-12-10-26)24-21(27)17-3-4-18-19(13-17)32-14-31-18/h3-4,13,15-16,20H,5-12,14H2,1-2H3,(H,24,27). The molecule has 0 bridgehead atoms. The van der Waals surface area contributed by atoms with Gasteiger partial charge in [0.25, 0.3) is 5.91 Å². The number of benzene rings is 1. The van der Waals surface area contributed by atoms with Gasteiger partial charge >= 0.3 is 0 Å². The van der Waals surface area contributed by atoms with E-state index >= 15 is 0 Å². The summed E-state index contributed by atoms with van der Waals surface area (Å²) < 4.78 is 16.1. The Bertz CT molecular complexity index is 859. The van der Waals surface area contributed by atoms with E-state index in [4.69, 9.17) is 14.2 Å². The highest BCUT2D eigenvalue weighted by molar-refractivity contribution is 5.98. The number of carbonyl (C=O) groups is 3. The van der Waals surface area contributed by atoms with Gasteiger partial charge in [-0.25, -0.2) is 0 Å². The number of hydrogen-bond donors (Lipinski definition) is 1. The number of amides is 3. The molecule has 0 aliphatic carbocycles. The second-order valence-electron chi connectivity index (χ2n) is 8.77. The first-order valence-electron chi connectivity index (χ1n) is 11.3. The molecule has 3 aliphatic rings. The molecule has 1 unspecified atom stereocenters. The average Bonchev–Trinajstić information content (AvgIpc) is 3.30. The van der Waals surface area contributed by atoms with Gasteiger partial charge < -0.3 is 29.3 Å². The summed E-state index contributed by atoms with van der Waals surface area (Å²) in [6.45, 7) is 7.12. The van der Waals surface area contributed by atoms with Crippen LogP contribution < -0.4 is 14.8 Å². The van der Waals surface area contributed by atoms with Crippen LogP contribution in [0.2, 0.25) is 0 Å². The molecular formula is C23H31N3O6. The second-order valence-corrected chi connectivity index (χ2v) is 8.77. The number of morpholine rings is 1. The number of ether oxygens (including phenoxy) is 3. The molecule has 0 spiro atoms. The minimum Gasteiger partial charge on any atom is -0.454 e. The lowest BCUT2D eigenvalue weighted by atomic mass is 9.87. The summed E-state index contributed by atoms with van der Waals surface area (Å²) in [6.07, 6.45) is 1.33. The van der Waals surface area contributed by atoms with Crippen LogP contribution in [-0.4, -0.2) is 79.7 Å². The lowest BCUT2D eigenvalue weighted by Crippen LogP contribution is -2.56. The lowest BCUT2D eigenvalue weighted by molar-refractivity contribution is -0.140. The third-order valence-corrected chi connectivity index (χ3v) is 6.33. The van der Waals surface area contributed by atoms with Gasteiger partial charge in [-0.2, -0.15) is 0 Å². The molecule has 3 heterocycles. The van der Waals surface area contributed by atoms with Gasteiger partial charge in [0, 0.05) is 37.7 Å². The Morgan fingerprint density at radius 3 is 2.28 bits per heavy atom. The van der Waals surface area contributed by atoms with Gasteiger partial charge in [-0.3, -0.25) is 14.4 Å². The van der Waals surface area contributed by atoms with Crippen LogP contribution in [0.25, 0.3) is 0 Å². The van der Waals surface area contributed by atoms with Crippen molar-refractivity contribution in [2.75, 3.05) is 46.2 Å². The molecule has 1 atom stereocenters. The van der Waals surface area contributed by atoms with E-state index in [1.54, 1.807) is 23.1 Å². The van der Waals surface area contributed by atoms with Crippen LogP contribution in [0.15, 0.2) is 18.2 Å². The molecule has 2 fully saturated rings. The third-order valence-electron chi connectivity index (χ3n) is 6.33. The molecular weight excluding hydrogens is 414 g/mol. The molecule has 32 heavy (non-hydrogen) atoms. The number of nitrogens with one attached hydrogen (secondary N) is 1. The minimum atomic E-state index is -0.651. The van der Waals surface area contributed by atoms with Crippen molar-refractivity contribution in [2.24, 2.45) is 11.8 Å². The van der Waals surface area contributed by atoms with Gasteiger partial charge in [0.15, 0.2) is 11.5 Å². The van der Waals surface area contributed by atoms with Crippen LogP contribution in [0, 0.1) is 11.8 Å². The lowest BCUT2D eigenvalue weighted by Gasteiger charge is -2.39. The molecule has 174 valence electrons. The van der Waals surface area contributed by atoms with Gasteiger partial charge in [-0.15, -0.1) is 0 Å². The first-order chi connectivity index (χ1) is 15.4. The largest absolute Gasteiger partial charge is 0.454 e. The van der Waals surface area contributed by atoms with Gasteiger partial charge in [0.1, 0.15) is 6.04 Å². The highest BCUT2D eigenvalue weighted by Crippen LogP contribution is 2.32. The number of fused-ring (bicyclic) bond motifs is 1. The molecule has 1 aromatic rings. The number of nitrogens with zero attached hydrogens (tertiary/aromatic N) is 2. The number of carbonyl (C=O) groups excluding carboxylic acids is 3. The Morgan fingerprint density at radius 2 is 1.59 bits per heavy atom. The summed E-state index contributed by atoms with van der Waals surface area (Å²) in [5, 5.41) is 2.99. The summed E-state index contributed by atoms with van der Waals surface area (Å²) in [4.78, 5) is 42.5. The molecule has 3 aliphatic heterocycles. The van der Waals surface area contributed by atoms with Crippen molar-refractivity contribution in [3.63, 3.8) is 0 Å². The average molecular weight is 446 g/mol. The van der Waals surface area contributed by atoms with Crippen LogP contribution in [0.4, 0.5) is 0 Å². The number of hydrogen-bond acceptors (Lipinski definition) is 6. The fourth-order valence-electron chi connectivity index (χ4n) is 4.44. The predicted octanol–water partition coefficient (Wildman–Crippen LogP) is 1.27. The first kappa shape index (κ1) is 22.4. The van der Waals surface area contributed by atoms with Crippen LogP contribution in [0.1, 0.15) is 37.0 Å². The maximum atomic E-state index is 13.4. The van der Waals surface area contributed by atoms with Crippen molar-refractivity contribution in [3.8, 4) is 11.5 Å². The van der Waals surface area contributed by atoms with Gasteiger partial charge in [-0.05, 0) is 37.0 Å². The monoisotopic (exact) mass is 445 g/mol. The quantitative estimate of drug-likeness (QED) is 0.733. The summed E-state index contributed by atoms with van der Waals surface area (Å²) in [5.74, 6) is 0.747. The Kier molecular flexibility index (Phi) is 6.83. The summed E-state index contributed by atoms with van der Waals surface area (Å²) in [6, 6.07) is 4.36. The van der Waals surface area contributed by atoms with Crippen molar-refractivity contribution >= 4 is 17.7 Å².